The molecule has 0 unspecified atom stereocenters. The van der Waals surface area contributed by atoms with Crippen LogP contribution in [0.5, 0.6) is 0 Å². The van der Waals surface area contributed by atoms with Gasteiger partial charge >= 0.3 is 0 Å². The Kier molecular flexibility index (Phi) is 5.68. The molecule has 0 radical (unpaired) electrons. The molecule has 0 saturated heterocycles. The van der Waals surface area contributed by atoms with Crippen molar-refractivity contribution in [2.75, 3.05) is 7.05 Å². The molecule has 0 saturated carbocycles. The second kappa shape index (κ2) is 8.14. The van der Waals surface area contributed by atoms with Crippen molar-refractivity contribution >= 4 is 5.96 Å². The Morgan fingerprint density at radius 1 is 1.12 bits per heavy atom. The van der Waals surface area contributed by atoms with Crippen molar-refractivity contribution in [2.24, 2.45) is 4.99 Å². The van der Waals surface area contributed by atoms with Gasteiger partial charge in [-0.25, -0.2) is 0 Å². The molecular weight excluding hydrogens is 312 g/mol. The minimum absolute atomic E-state index is 0.638. The molecule has 1 aromatic heterocycles. The molecule has 25 heavy (non-hydrogen) atoms. The van der Waals surface area contributed by atoms with Gasteiger partial charge in [-0.1, -0.05) is 30.2 Å². The van der Waals surface area contributed by atoms with E-state index >= 15 is 0 Å². The molecule has 0 amide bonds. The molecule has 2 aromatic rings. The Hall–Kier alpha value is -2.37. The lowest BCUT2D eigenvalue weighted by atomic mass is 10.1. The lowest BCUT2D eigenvalue weighted by molar-refractivity contribution is 0.596. The third-order valence-corrected chi connectivity index (χ3v) is 4.77. The van der Waals surface area contributed by atoms with Crippen LogP contribution in [0.25, 0.3) is 0 Å². The molecule has 0 spiro atoms. The van der Waals surface area contributed by atoms with Crippen LogP contribution in [0.2, 0.25) is 0 Å². The Bertz CT molecular complexity index is 746. The van der Waals surface area contributed by atoms with E-state index in [9.17, 15) is 0 Å². The van der Waals surface area contributed by atoms with Crippen molar-refractivity contribution < 1.29 is 0 Å². The average molecular weight is 340 g/mol. The maximum Gasteiger partial charge on any atom is 0.191 e. The summed E-state index contributed by atoms with van der Waals surface area (Å²) in [6.45, 7) is 6.68. The smallest absolute Gasteiger partial charge is 0.191 e. The van der Waals surface area contributed by atoms with Crippen LogP contribution >= 0.6 is 0 Å². The number of nitrogens with zero attached hydrogens (tertiary/aromatic N) is 4. The van der Waals surface area contributed by atoms with Gasteiger partial charge in [-0.2, -0.15) is 0 Å². The largest absolute Gasteiger partial charge is 0.352 e. The van der Waals surface area contributed by atoms with Crippen LogP contribution in [0.4, 0.5) is 0 Å². The molecule has 6 nitrogen and oxygen atoms in total. The monoisotopic (exact) mass is 340 g/mol. The van der Waals surface area contributed by atoms with Gasteiger partial charge in [-0.15, -0.1) is 10.2 Å². The summed E-state index contributed by atoms with van der Waals surface area (Å²) in [6.07, 6.45) is 4.73. The van der Waals surface area contributed by atoms with Gasteiger partial charge < -0.3 is 15.2 Å². The molecule has 6 heteroatoms. The summed E-state index contributed by atoms with van der Waals surface area (Å²) >= 11 is 0. The number of nitrogens with one attached hydrogen (secondary N) is 2. The van der Waals surface area contributed by atoms with E-state index in [4.69, 9.17) is 0 Å². The predicted molar refractivity (Wildman–Crippen MR) is 101 cm³/mol. The Morgan fingerprint density at radius 2 is 1.96 bits per heavy atom. The number of benzene rings is 1. The van der Waals surface area contributed by atoms with Gasteiger partial charge in [0.25, 0.3) is 0 Å². The molecule has 1 aliphatic heterocycles. The first-order chi connectivity index (χ1) is 12.2. The van der Waals surface area contributed by atoms with Gasteiger partial charge in [-0.3, -0.25) is 4.99 Å². The van der Waals surface area contributed by atoms with E-state index in [2.05, 4.69) is 62.4 Å². The number of aromatic nitrogens is 3. The van der Waals surface area contributed by atoms with Crippen molar-refractivity contribution in [1.82, 2.24) is 25.4 Å². The highest BCUT2D eigenvalue weighted by atomic mass is 15.3. The average Bonchev–Trinajstić information content (AvgIpc) is 2.83. The van der Waals surface area contributed by atoms with Crippen LogP contribution in [0, 0.1) is 13.8 Å². The van der Waals surface area contributed by atoms with Crippen LogP contribution in [0.15, 0.2) is 23.2 Å². The Labute approximate surface area is 149 Å². The minimum Gasteiger partial charge on any atom is -0.352 e. The molecule has 2 N–H and O–H groups in total. The standard InChI is InChI=1S/C19H28N6/c1-14-8-9-16(15(2)11-14)12-21-19(20-3)22-13-18-24-23-17-7-5-4-6-10-25(17)18/h8-9,11H,4-7,10,12-13H2,1-3H3,(H2,20,21,22). The van der Waals surface area contributed by atoms with Crippen LogP contribution < -0.4 is 10.6 Å². The zero-order valence-electron chi connectivity index (χ0n) is 15.5. The maximum atomic E-state index is 4.36. The number of fused-ring (bicyclic) bond motifs is 1. The highest BCUT2D eigenvalue weighted by Gasteiger charge is 2.14. The van der Waals surface area contributed by atoms with Gasteiger partial charge in [0.2, 0.25) is 0 Å². The van der Waals surface area contributed by atoms with Crippen molar-refractivity contribution in [1.29, 1.82) is 0 Å². The van der Waals surface area contributed by atoms with E-state index in [1.165, 1.54) is 36.0 Å². The van der Waals surface area contributed by atoms with Gasteiger partial charge in [0.05, 0.1) is 6.54 Å². The maximum absolute atomic E-state index is 4.36. The molecule has 0 atom stereocenters. The van der Waals surface area contributed by atoms with E-state index in [1.54, 1.807) is 7.05 Å². The summed E-state index contributed by atoms with van der Waals surface area (Å²) in [6, 6.07) is 6.52. The number of guanidine groups is 1. The normalized spacial score (nSPS) is 14.8. The molecular formula is C19H28N6. The van der Waals surface area contributed by atoms with Crippen molar-refractivity contribution in [3.8, 4) is 0 Å². The first kappa shape index (κ1) is 17.5. The van der Waals surface area contributed by atoms with E-state index in [-0.39, 0.29) is 0 Å². The number of hydrogen-bond acceptors (Lipinski definition) is 3. The fraction of sp³-hybridized carbons (Fsp3) is 0.526. The lowest BCUT2D eigenvalue weighted by Crippen LogP contribution is -2.37. The fourth-order valence-corrected chi connectivity index (χ4v) is 3.28. The van der Waals surface area contributed by atoms with Crippen LogP contribution in [-0.4, -0.2) is 27.8 Å². The van der Waals surface area contributed by atoms with Crippen LogP contribution in [0.1, 0.15) is 47.6 Å². The molecule has 0 fully saturated rings. The van der Waals surface area contributed by atoms with E-state index < -0.39 is 0 Å². The van der Waals surface area contributed by atoms with Gasteiger partial charge in [0.1, 0.15) is 5.82 Å². The SMILES string of the molecule is CN=C(NCc1ccc(C)cc1C)NCc1nnc2n1CCCCC2. The Morgan fingerprint density at radius 3 is 2.76 bits per heavy atom. The molecule has 0 aliphatic carbocycles. The fourth-order valence-electron chi connectivity index (χ4n) is 3.28. The number of hydrogen-bond donors (Lipinski definition) is 2. The predicted octanol–water partition coefficient (Wildman–Crippen LogP) is 2.49. The highest BCUT2D eigenvalue weighted by Crippen LogP contribution is 2.14. The number of rotatable bonds is 4. The van der Waals surface area contributed by atoms with E-state index in [0.29, 0.717) is 6.54 Å². The topological polar surface area (TPSA) is 67.1 Å². The first-order valence-electron chi connectivity index (χ1n) is 9.09. The van der Waals surface area contributed by atoms with Gasteiger partial charge in [-0.05, 0) is 37.8 Å². The second-order valence-electron chi connectivity index (χ2n) is 6.70. The summed E-state index contributed by atoms with van der Waals surface area (Å²) < 4.78 is 2.26. The summed E-state index contributed by atoms with van der Waals surface area (Å²) in [5.74, 6) is 2.89. The molecule has 0 bridgehead atoms. The highest BCUT2D eigenvalue weighted by molar-refractivity contribution is 5.79. The molecule has 3 rings (SSSR count). The molecule has 1 aliphatic rings. The summed E-state index contributed by atoms with van der Waals surface area (Å²) in [7, 11) is 1.79. The van der Waals surface area contributed by atoms with E-state index in [1.807, 2.05) is 0 Å². The summed E-state index contributed by atoms with van der Waals surface area (Å²) in [4.78, 5) is 4.32. The zero-order valence-corrected chi connectivity index (χ0v) is 15.5. The summed E-state index contributed by atoms with van der Waals surface area (Å²) in [5.41, 5.74) is 3.87. The second-order valence-corrected chi connectivity index (χ2v) is 6.70. The summed E-state index contributed by atoms with van der Waals surface area (Å²) in [5, 5.41) is 15.4. The molecule has 1 aromatic carbocycles. The van der Waals surface area contributed by atoms with E-state index in [0.717, 1.165) is 37.1 Å². The van der Waals surface area contributed by atoms with Gasteiger partial charge in [0.15, 0.2) is 11.8 Å². The van der Waals surface area contributed by atoms with Crippen LogP contribution in [-0.2, 0) is 26.1 Å². The van der Waals surface area contributed by atoms with Crippen molar-refractivity contribution in [2.45, 2.75) is 59.2 Å². The first-order valence-corrected chi connectivity index (χ1v) is 9.09. The van der Waals surface area contributed by atoms with Crippen molar-refractivity contribution in [3.63, 3.8) is 0 Å². The molecule has 2 heterocycles. The lowest BCUT2D eigenvalue weighted by Gasteiger charge is -2.14. The number of aliphatic imine (C=N–C) groups is 1. The minimum atomic E-state index is 0.638. The third-order valence-electron chi connectivity index (χ3n) is 4.77. The molecule has 134 valence electrons. The van der Waals surface area contributed by atoms with Crippen LogP contribution in [0.3, 0.4) is 0 Å². The zero-order chi connectivity index (χ0) is 17.6. The van der Waals surface area contributed by atoms with Crippen molar-refractivity contribution in [3.05, 3.63) is 46.5 Å². The quantitative estimate of drug-likeness (QED) is 0.663. The number of aryl methyl sites for hydroxylation is 3. The van der Waals surface area contributed by atoms with Gasteiger partial charge in [0, 0.05) is 26.6 Å². The Balaban J connectivity index is 1.57. The third kappa shape index (κ3) is 4.38.